The zero-order valence-corrected chi connectivity index (χ0v) is 17.4. The summed E-state index contributed by atoms with van der Waals surface area (Å²) in [6.07, 6.45) is -21.8. The smallest absolute Gasteiger partial charge is 0.187 e. The van der Waals surface area contributed by atoms with Gasteiger partial charge in [0.2, 0.25) is 0 Å². The topological polar surface area (TPSA) is 248 Å². The van der Waals surface area contributed by atoms with Crippen LogP contribution in [0.1, 0.15) is 6.42 Å². The first kappa shape index (κ1) is 27.0. The average Bonchev–Trinajstić information content (AvgIpc) is 2.79. The zero-order valence-electron chi connectivity index (χ0n) is 17.4. The van der Waals surface area contributed by atoms with Crippen molar-refractivity contribution in [1.82, 2.24) is 0 Å². The van der Waals surface area contributed by atoms with Crippen molar-refractivity contribution in [3.63, 3.8) is 0 Å². The number of aliphatic hydroxyl groups is 10. The molecule has 0 aromatic rings. The molecule has 3 aliphatic heterocycles. The summed E-state index contributed by atoms with van der Waals surface area (Å²) in [6.45, 7) is -2.06. The molecule has 0 amide bonds. The molecule has 14 atom stereocenters. The van der Waals surface area contributed by atoms with Crippen LogP contribution in [0.25, 0.3) is 0 Å². The third-order valence-electron chi connectivity index (χ3n) is 5.96. The minimum Gasteiger partial charge on any atom is -0.394 e. The standard InChI is InChI=1S/C18H32O15/c19-2-7-5(22)1-6(23)17(30-7)32-14-11(25)9(4-21)31-18(13(14)27)33-15-12(26)10(24)8(3-20)29-16(15)28/h5-28H,1-4H2/t5-,6+,7+,8+,9+,10+,11+,12-,13-,14-,15-,16-,17+,18+/m0/s1. The fraction of sp³-hybridized carbons (Fsp3) is 1.00. The molecule has 194 valence electrons. The van der Waals surface area contributed by atoms with Crippen LogP contribution >= 0.6 is 0 Å². The van der Waals surface area contributed by atoms with E-state index < -0.39 is 106 Å². The average molecular weight is 488 g/mol. The second kappa shape index (κ2) is 11.4. The van der Waals surface area contributed by atoms with Crippen LogP contribution in [0.2, 0.25) is 0 Å². The van der Waals surface area contributed by atoms with Gasteiger partial charge < -0.3 is 74.7 Å². The number of hydrogen-bond acceptors (Lipinski definition) is 15. The summed E-state index contributed by atoms with van der Waals surface area (Å²) in [5, 5.41) is 99.5. The monoisotopic (exact) mass is 488 g/mol. The zero-order chi connectivity index (χ0) is 24.4. The minimum absolute atomic E-state index is 0.226. The van der Waals surface area contributed by atoms with E-state index >= 15 is 0 Å². The van der Waals surface area contributed by atoms with Gasteiger partial charge in [-0.3, -0.25) is 0 Å². The quantitative estimate of drug-likeness (QED) is 0.160. The normalized spacial score (nSPS) is 51.5. The van der Waals surface area contributed by atoms with E-state index in [4.69, 9.17) is 28.8 Å². The Labute approximate surface area is 187 Å². The second-order valence-corrected chi connectivity index (χ2v) is 8.23. The summed E-state index contributed by atoms with van der Waals surface area (Å²) >= 11 is 0. The molecular weight excluding hydrogens is 456 g/mol. The lowest BCUT2D eigenvalue weighted by Crippen LogP contribution is -2.65. The van der Waals surface area contributed by atoms with E-state index in [0.717, 1.165) is 0 Å². The van der Waals surface area contributed by atoms with Crippen LogP contribution in [0.4, 0.5) is 0 Å². The Morgan fingerprint density at radius 3 is 1.70 bits per heavy atom. The fourth-order valence-electron chi connectivity index (χ4n) is 4.01. The largest absolute Gasteiger partial charge is 0.394 e. The molecule has 0 radical (unpaired) electrons. The van der Waals surface area contributed by atoms with Gasteiger partial charge in [-0.25, -0.2) is 0 Å². The maximum atomic E-state index is 10.7. The van der Waals surface area contributed by atoms with Gasteiger partial charge in [-0.15, -0.1) is 0 Å². The van der Waals surface area contributed by atoms with Gasteiger partial charge in [-0.2, -0.15) is 0 Å². The van der Waals surface area contributed by atoms with Crippen molar-refractivity contribution >= 4 is 0 Å². The molecule has 3 rings (SSSR count). The molecule has 33 heavy (non-hydrogen) atoms. The molecule has 15 nitrogen and oxygen atoms in total. The molecule has 0 spiro atoms. The van der Waals surface area contributed by atoms with E-state index in [9.17, 15) is 46.0 Å². The SMILES string of the molecule is OC[C@H]1O[C@H](O)[C@@H](O[C@H]2O[C@H](CO)[C@@H](O)[C@H](O[C@H]3O[C@H](CO)[C@@H](O)C[C@H]3O)[C@@H]2O)[C@@H](O)[C@@H]1O. The molecule has 0 aliphatic carbocycles. The first-order valence-corrected chi connectivity index (χ1v) is 10.5. The van der Waals surface area contributed by atoms with Crippen LogP contribution < -0.4 is 0 Å². The van der Waals surface area contributed by atoms with Crippen molar-refractivity contribution in [1.29, 1.82) is 0 Å². The molecule has 3 saturated heterocycles. The van der Waals surface area contributed by atoms with E-state index in [0.29, 0.717) is 0 Å². The molecule has 10 N–H and O–H groups in total. The Hall–Kier alpha value is -0.600. The van der Waals surface area contributed by atoms with Gasteiger partial charge in [0.05, 0.1) is 25.9 Å². The Morgan fingerprint density at radius 1 is 0.545 bits per heavy atom. The first-order chi connectivity index (χ1) is 15.6. The molecule has 3 aliphatic rings. The summed E-state index contributed by atoms with van der Waals surface area (Å²) in [5.41, 5.74) is 0. The van der Waals surface area contributed by atoms with Gasteiger partial charge in [-0.1, -0.05) is 0 Å². The Balaban J connectivity index is 1.73. The highest BCUT2D eigenvalue weighted by atomic mass is 16.8. The van der Waals surface area contributed by atoms with Crippen molar-refractivity contribution in [3.05, 3.63) is 0 Å². The van der Waals surface area contributed by atoms with E-state index in [1.165, 1.54) is 0 Å². The van der Waals surface area contributed by atoms with Crippen LogP contribution in [0.3, 0.4) is 0 Å². The molecule has 15 heteroatoms. The van der Waals surface area contributed by atoms with Gasteiger partial charge in [0, 0.05) is 6.42 Å². The molecule has 0 unspecified atom stereocenters. The van der Waals surface area contributed by atoms with Gasteiger partial charge in [0.25, 0.3) is 0 Å². The summed E-state index contributed by atoms with van der Waals surface area (Å²) in [6, 6.07) is 0. The van der Waals surface area contributed by atoms with Crippen molar-refractivity contribution in [2.75, 3.05) is 19.8 Å². The van der Waals surface area contributed by atoms with E-state index in [1.807, 2.05) is 0 Å². The Kier molecular flexibility index (Phi) is 9.35. The predicted octanol–water partition coefficient (Wildman–Crippen LogP) is -6.54. The molecule has 3 fully saturated rings. The lowest BCUT2D eigenvalue weighted by atomic mass is 9.96. The van der Waals surface area contributed by atoms with Crippen molar-refractivity contribution < 1.29 is 74.7 Å². The highest BCUT2D eigenvalue weighted by Gasteiger charge is 2.52. The fourth-order valence-corrected chi connectivity index (χ4v) is 4.01. The van der Waals surface area contributed by atoms with Crippen LogP contribution in [0.5, 0.6) is 0 Å². The lowest BCUT2D eigenvalue weighted by molar-refractivity contribution is -0.378. The Morgan fingerprint density at radius 2 is 1.09 bits per heavy atom. The van der Waals surface area contributed by atoms with Gasteiger partial charge in [-0.05, 0) is 0 Å². The van der Waals surface area contributed by atoms with Crippen molar-refractivity contribution in [2.24, 2.45) is 0 Å². The van der Waals surface area contributed by atoms with Crippen LogP contribution in [-0.4, -0.2) is 157 Å². The van der Waals surface area contributed by atoms with E-state index in [2.05, 4.69) is 0 Å². The molecular formula is C18H32O15. The minimum atomic E-state index is -1.84. The molecule has 0 bridgehead atoms. The van der Waals surface area contributed by atoms with Crippen LogP contribution in [0, 0.1) is 0 Å². The number of ether oxygens (including phenoxy) is 5. The maximum absolute atomic E-state index is 10.7. The molecule has 3 heterocycles. The van der Waals surface area contributed by atoms with E-state index in [-0.39, 0.29) is 6.42 Å². The maximum Gasteiger partial charge on any atom is 0.187 e. The van der Waals surface area contributed by atoms with E-state index in [1.54, 1.807) is 0 Å². The third kappa shape index (κ3) is 5.64. The van der Waals surface area contributed by atoms with Crippen molar-refractivity contribution in [3.8, 4) is 0 Å². The van der Waals surface area contributed by atoms with Crippen LogP contribution in [0.15, 0.2) is 0 Å². The first-order valence-electron chi connectivity index (χ1n) is 10.5. The molecule has 0 aromatic heterocycles. The summed E-state index contributed by atoms with van der Waals surface area (Å²) in [4.78, 5) is 0. The third-order valence-corrected chi connectivity index (χ3v) is 5.96. The molecule has 0 aromatic carbocycles. The van der Waals surface area contributed by atoms with Crippen LogP contribution in [-0.2, 0) is 23.7 Å². The second-order valence-electron chi connectivity index (χ2n) is 8.23. The summed E-state index contributed by atoms with van der Waals surface area (Å²) in [7, 11) is 0. The predicted molar refractivity (Wildman–Crippen MR) is 99.9 cm³/mol. The highest BCUT2D eigenvalue weighted by Crippen LogP contribution is 2.31. The molecule has 0 saturated carbocycles. The number of hydrogen-bond donors (Lipinski definition) is 10. The Bertz CT molecular complexity index is 611. The van der Waals surface area contributed by atoms with Gasteiger partial charge in [0.1, 0.15) is 61.0 Å². The highest BCUT2D eigenvalue weighted by molar-refractivity contribution is 4.95. The summed E-state index contributed by atoms with van der Waals surface area (Å²) in [5.74, 6) is 0. The van der Waals surface area contributed by atoms with Gasteiger partial charge in [0.15, 0.2) is 18.9 Å². The number of aliphatic hydroxyl groups excluding tert-OH is 10. The number of rotatable bonds is 7. The van der Waals surface area contributed by atoms with Crippen molar-refractivity contribution in [2.45, 2.75) is 92.4 Å². The summed E-state index contributed by atoms with van der Waals surface area (Å²) < 4.78 is 26.5. The lowest BCUT2D eigenvalue weighted by Gasteiger charge is -2.47. The van der Waals surface area contributed by atoms with Gasteiger partial charge >= 0.3 is 0 Å².